The summed E-state index contributed by atoms with van der Waals surface area (Å²) >= 11 is 1.13. The summed E-state index contributed by atoms with van der Waals surface area (Å²) in [5, 5.41) is 7.34. The summed E-state index contributed by atoms with van der Waals surface area (Å²) < 4.78 is 21.3. The summed E-state index contributed by atoms with van der Waals surface area (Å²) in [6.07, 6.45) is 3.13. The van der Waals surface area contributed by atoms with E-state index in [0.29, 0.717) is 33.6 Å². The van der Waals surface area contributed by atoms with Crippen LogP contribution in [-0.4, -0.2) is 32.8 Å². The van der Waals surface area contributed by atoms with Crippen LogP contribution in [0.3, 0.4) is 0 Å². The van der Waals surface area contributed by atoms with Crippen molar-refractivity contribution in [1.29, 1.82) is 0 Å². The van der Waals surface area contributed by atoms with Gasteiger partial charge in [-0.2, -0.15) is 5.10 Å². The van der Waals surface area contributed by atoms with Crippen molar-refractivity contribution in [2.75, 3.05) is 12.4 Å². The van der Waals surface area contributed by atoms with E-state index < -0.39 is 5.82 Å². The van der Waals surface area contributed by atoms with Gasteiger partial charge in [0.25, 0.3) is 5.91 Å². The van der Waals surface area contributed by atoms with Gasteiger partial charge in [0.1, 0.15) is 34.1 Å². The minimum atomic E-state index is -0.446. The van der Waals surface area contributed by atoms with Gasteiger partial charge in [-0.3, -0.25) is 4.79 Å². The fourth-order valence-electron chi connectivity index (χ4n) is 2.98. The van der Waals surface area contributed by atoms with Crippen molar-refractivity contribution >= 4 is 22.9 Å². The molecule has 0 atom stereocenters. The first-order chi connectivity index (χ1) is 14.5. The molecular weight excluding hydrogens is 405 g/mol. The molecular formula is C21H18FN5O2S. The van der Waals surface area contributed by atoms with E-state index in [1.807, 2.05) is 24.3 Å². The van der Waals surface area contributed by atoms with Crippen molar-refractivity contribution in [3.63, 3.8) is 0 Å². The highest BCUT2D eigenvalue weighted by molar-refractivity contribution is 7.17. The van der Waals surface area contributed by atoms with E-state index >= 15 is 0 Å². The average Bonchev–Trinajstić information content (AvgIpc) is 3.38. The van der Waals surface area contributed by atoms with Gasteiger partial charge in [0.05, 0.1) is 24.9 Å². The minimum Gasteiger partial charge on any atom is -0.496 e. The Morgan fingerprint density at radius 3 is 2.73 bits per heavy atom. The SMILES string of the molecule is COc1cccc(F)c1-c1nc(C)c(C(=O)Nc2ccc(Cn3cncn3)cc2)s1. The van der Waals surface area contributed by atoms with E-state index in [2.05, 4.69) is 20.4 Å². The maximum atomic E-state index is 14.4. The monoisotopic (exact) mass is 423 g/mol. The molecule has 9 heteroatoms. The van der Waals surface area contributed by atoms with Gasteiger partial charge < -0.3 is 10.1 Å². The van der Waals surface area contributed by atoms with Crippen LogP contribution in [0.2, 0.25) is 0 Å². The van der Waals surface area contributed by atoms with Crippen molar-refractivity contribution in [3.05, 3.63) is 77.1 Å². The predicted octanol–water partition coefficient (Wildman–Crippen LogP) is 4.16. The second-order valence-electron chi connectivity index (χ2n) is 6.49. The summed E-state index contributed by atoms with van der Waals surface area (Å²) in [5.74, 6) is -0.368. The Balaban J connectivity index is 1.52. The van der Waals surface area contributed by atoms with E-state index in [1.54, 1.807) is 30.1 Å². The number of methoxy groups -OCH3 is 1. The first-order valence-electron chi connectivity index (χ1n) is 9.08. The molecule has 2 heterocycles. The lowest BCUT2D eigenvalue weighted by Gasteiger charge is -2.07. The molecule has 152 valence electrons. The molecule has 1 N–H and O–H groups in total. The molecule has 0 aliphatic heterocycles. The molecule has 0 fully saturated rings. The van der Waals surface area contributed by atoms with Crippen LogP contribution < -0.4 is 10.1 Å². The number of ether oxygens (including phenoxy) is 1. The zero-order valence-electron chi connectivity index (χ0n) is 16.3. The highest BCUT2D eigenvalue weighted by Crippen LogP contribution is 2.36. The van der Waals surface area contributed by atoms with Crippen molar-refractivity contribution in [2.24, 2.45) is 0 Å². The molecule has 0 saturated carbocycles. The maximum absolute atomic E-state index is 14.4. The van der Waals surface area contributed by atoms with Gasteiger partial charge >= 0.3 is 0 Å². The van der Waals surface area contributed by atoms with Crippen LogP contribution in [0.4, 0.5) is 10.1 Å². The summed E-state index contributed by atoms with van der Waals surface area (Å²) in [6, 6.07) is 12.0. The molecule has 0 bridgehead atoms. The minimum absolute atomic E-state index is 0.254. The Kier molecular flexibility index (Phi) is 5.53. The van der Waals surface area contributed by atoms with Crippen molar-refractivity contribution in [3.8, 4) is 16.3 Å². The Morgan fingerprint density at radius 1 is 1.23 bits per heavy atom. The summed E-state index contributed by atoms with van der Waals surface area (Å²) in [5.41, 5.74) is 2.46. The lowest BCUT2D eigenvalue weighted by atomic mass is 10.2. The van der Waals surface area contributed by atoms with Gasteiger partial charge in [0.15, 0.2) is 0 Å². The first-order valence-corrected chi connectivity index (χ1v) is 9.90. The highest BCUT2D eigenvalue weighted by Gasteiger charge is 2.21. The Labute approximate surface area is 176 Å². The zero-order valence-corrected chi connectivity index (χ0v) is 17.1. The number of nitrogens with zero attached hydrogens (tertiary/aromatic N) is 4. The second-order valence-corrected chi connectivity index (χ2v) is 7.49. The molecule has 7 nitrogen and oxygen atoms in total. The molecule has 4 aromatic rings. The van der Waals surface area contributed by atoms with Crippen molar-refractivity contribution in [1.82, 2.24) is 19.7 Å². The summed E-state index contributed by atoms with van der Waals surface area (Å²) in [7, 11) is 1.47. The van der Waals surface area contributed by atoms with Crippen LogP contribution in [0.1, 0.15) is 20.9 Å². The quantitative estimate of drug-likeness (QED) is 0.504. The van der Waals surface area contributed by atoms with Gasteiger partial charge in [-0.05, 0) is 36.8 Å². The van der Waals surface area contributed by atoms with E-state index in [9.17, 15) is 9.18 Å². The molecule has 0 aliphatic carbocycles. The number of anilines is 1. The summed E-state index contributed by atoms with van der Waals surface area (Å²) in [4.78, 5) is 21.5. The van der Waals surface area contributed by atoms with E-state index in [-0.39, 0.29) is 11.5 Å². The largest absolute Gasteiger partial charge is 0.496 e. The molecule has 1 amide bonds. The lowest BCUT2D eigenvalue weighted by Crippen LogP contribution is -2.11. The van der Waals surface area contributed by atoms with E-state index in [4.69, 9.17) is 4.74 Å². The number of rotatable bonds is 6. The number of carbonyl (C=O) groups excluding carboxylic acids is 1. The van der Waals surface area contributed by atoms with Crippen LogP contribution >= 0.6 is 11.3 Å². The van der Waals surface area contributed by atoms with Crippen LogP contribution in [0.25, 0.3) is 10.6 Å². The van der Waals surface area contributed by atoms with Gasteiger partial charge in [-0.15, -0.1) is 11.3 Å². The molecule has 0 radical (unpaired) electrons. The van der Waals surface area contributed by atoms with Crippen LogP contribution in [0, 0.1) is 12.7 Å². The smallest absolute Gasteiger partial charge is 0.267 e. The highest BCUT2D eigenvalue weighted by atomic mass is 32.1. The molecule has 0 saturated heterocycles. The number of hydrogen-bond acceptors (Lipinski definition) is 6. The normalized spacial score (nSPS) is 10.8. The van der Waals surface area contributed by atoms with Gasteiger partial charge in [-0.25, -0.2) is 19.0 Å². The number of halogens is 1. The van der Waals surface area contributed by atoms with Crippen LogP contribution in [-0.2, 0) is 6.54 Å². The van der Waals surface area contributed by atoms with Gasteiger partial charge in [0.2, 0.25) is 0 Å². The Hall–Kier alpha value is -3.59. The van der Waals surface area contributed by atoms with Crippen molar-refractivity contribution < 1.29 is 13.9 Å². The number of aryl methyl sites for hydroxylation is 1. The van der Waals surface area contributed by atoms with Gasteiger partial charge in [-0.1, -0.05) is 18.2 Å². The Morgan fingerprint density at radius 2 is 2.03 bits per heavy atom. The topological polar surface area (TPSA) is 81.9 Å². The third kappa shape index (κ3) is 4.06. The third-order valence-electron chi connectivity index (χ3n) is 4.43. The summed E-state index contributed by atoms with van der Waals surface area (Å²) in [6.45, 7) is 2.32. The number of nitrogens with one attached hydrogen (secondary N) is 1. The first kappa shape index (κ1) is 19.7. The van der Waals surface area contributed by atoms with Crippen molar-refractivity contribution in [2.45, 2.75) is 13.5 Å². The molecule has 30 heavy (non-hydrogen) atoms. The molecule has 0 spiro atoms. The Bertz CT molecular complexity index is 1170. The third-order valence-corrected chi connectivity index (χ3v) is 5.61. The number of aromatic nitrogens is 4. The van der Waals surface area contributed by atoms with Crippen LogP contribution in [0.15, 0.2) is 55.1 Å². The number of amides is 1. The van der Waals surface area contributed by atoms with Crippen LogP contribution in [0.5, 0.6) is 5.75 Å². The molecule has 4 rings (SSSR count). The van der Waals surface area contributed by atoms with Gasteiger partial charge in [0, 0.05) is 5.69 Å². The number of thiazole rings is 1. The number of hydrogen-bond donors (Lipinski definition) is 1. The molecule has 0 aliphatic rings. The fourth-order valence-corrected chi connectivity index (χ4v) is 3.99. The number of benzene rings is 2. The predicted molar refractivity (Wildman–Crippen MR) is 112 cm³/mol. The maximum Gasteiger partial charge on any atom is 0.267 e. The van der Waals surface area contributed by atoms with E-state index in [1.165, 1.54) is 19.5 Å². The molecule has 2 aromatic heterocycles. The fraction of sp³-hybridized carbons (Fsp3) is 0.143. The van der Waals surface area contributed by atoms with E-state index in [0.717, 1.165) is 16.9 Å². The lowest BCUT2D eigenvalue weighted by molar-refractivity contribution is 0.103. The average molecular weight is 423 g/mol. The standard InChI is InChI=1S/C21H18FN5O2S/c1-13-19(30-21(25-13)18-16(22)4-3-5-17(18)29-2)20(28)26-15-8-6-14(7-9-15)10-27-12-23-11-24-27/h3-9,11-12H,10H2,1-2H3,(H,26,28). The number of carbonyl (C=O) groups is 1. The zero-order chi connectivity index (χ0) is 21.1. The molecule has 0 unspecified atom stereocenters. The second kappa shape index (κ2) is 8.42. The molecule has 2 aromatic carbocycles.